The average molecular weight is 254 g/mol. The SMILES string of the molecule is C[C@H]1C[C@@H]1c1ccc2cnn(CC(F)(F)F)c2c1. The van der Waals surface area contributed by atoms with Gasteiger partial charge in [-0.25, -0.2) is 0 Å². The second-order valence-corrected chi connectivity index (χ2v) is 5.06. The lowest BCUT2D eigenvalue weighted by Gasteiger charge is -2.08. The topological polar surface area (TPSA) is 17.8 Å². The predicted molar refractivity (Wildman–Crippen MR) is 62.3 cm³/mol. The summed E-state index contributed by atoms with van der Waals surface area (Å²) < 4.78 is 38.3. The lowest BCUT2D eigenvalue weighted by atomic mass is 10.1. The van der Waals surface area contributed by atoms with E-state index in [2.05, 4.69) is 12.0 Å². The van der Waals surface area contributed by atoms with Crippen molar-refractivity contribution in [2.24, 2.45) is 5.92 Å². The summed E-state index contributed by atoms with van der Waals surface area (Å²) in [5, 5.41) is 4.58. The molecule has 5 heteroatoms. The molecule has 1 aliphatic rings. The molecule has 2 nitrogen and oxygen atoms in total. The zero-order valence-electron chi connectivity index (χ0n) is 9.91. The van der Waals surface area contributed by atoms with Crippen LogP contribution in [0.25, 0.3) is 10.9 Å². The molecule has 2 aromatic rings. The Morgan fingerprint density at radius 3 is 2.72 bits per heavy atom. The van der Waals surface area contributed by atoms with Gasteiger partial charge in [0.2, 0.25) is 0 Å². The highest BCUT2D eigenvalue weighted by atomic mass is 19.4. The van der Waals surface area contributed by atoms with Gasteiger partial charge in [0.05, 0.1) is 11.7 Å². The van der Waals surface area contributed by atoms with Crippen LogP contribution in [-0.2, 0) is 6.54 Å². The van der Waals surface area contributed by atoms with E-state index in [0.29, 0.717) is 17.4 Å². The standard InChI is InChI=1S/C13H13F3N2/c1-8-4-11(8)9-2-3-10-6-17-18(12(10)5-9)7-13(14,15)16/h2-3,5-6,8,11H,4,7H2,1H3/t8-,11-/m0/s1. The second-order valence-electron chi connectivity index (χ2n) is 5.06. The number of nitrogens with zero attached hydrogens (tertiary/aromatic N) is 2. The third-order valence-corrected chi connectivity index (χ3v) is 3.54. The number of benzene rings is 1. The molecule has 0 unspecified atom stereocenters. The van der Waals surface area contributed by atoms with Crippen LogP contribution in [0.4, 0.5) is 13.2 Å². The number of alkyl halides is 3. The fourth-order valence-electron chi connectivity index (χ4n) is 2.40. The quantitative estimate of drug-likeness (QED) is 0.798. The summed E-state index contributed by atoms with van der Waals surface area (Å²) in [6.07, 6.45) is -1.62. The summed E-state index contributed by atoms with van der Waals surface area (Å²) in [5.41, 5.74) is 1.70. The Balaban J connectivity index is 2.00. The van der Waals surface area contributed by atoms with Gasteiger partial charge in [0.15, 0.2) is 0 Å². The molecule has 0 amide bonds. The van der Waals surface area contributed by atoms with Crippen molar-refractivity contribution in [3.63, 3.8) is 0 Å². The van der Waals surface area contributed by atoms with Gasteiger partial charge in [0.1, 0.15) is 6.54 Å². The van der Waals surface area contributed by atoms with Gasteiger partial charge >= 0.3 is 6.18 Å². The van der Waals surface area contributed by atoms with E-state index in [1.807, 2.05) is 18.2 Å². The Hall–Kier alpha value is -1.52. The molecule has 0 aliphatic heterocycles. The van der Waals surface area contributed by atoms with Gasteiger partial charge in [0.25, 0.3) is 0 Å². The number of aromatic nitrogens is 2. The molecule has 1 fully saturated rings. The summed E-state index contributed by atoms with van der Waals surface area (Å²) >= 11 is 0. The van der Waals surface area contributed by atoms with Crippen molar-refractivity contribution in [2.75, 3.05) is 0 Å². The predicted octanol–water partition coefficient (Wildman–Crippen LogP) is 3.72. The van der Waals surface area contributed by atoms with Crippen LogP contribution >= 0.6 is 0 Å². The van der Waals surface area contributed by atoms with Crippen LogP contribution in [0.5, 0.6) is 0 Å². The van der Waals surface area contributed by atoms with Crippen LogP contribution < -0.4 is 0 Å². The van der Waals surface area contributed by atoms with Gasteiger partial charge in [-0.15, -0.1) is 0 Å². The highest BCUT2D eigenvalue weighted by Crippen LogP contribution is 2.47. The first-order valence-corrected chi connectivity index (χ1v) is 5.96. The minimum atomic E-state index is -4.23. The molecule has 0 saturated heterocycles. The summed E-state index contributed by atoms with van der Waals surface area (Å²) in [7, 11) is 0. The maximum Gasteiger partial charge on any atom is 0.408 e. The maximum absolute atomic E-state index is 12.4. The Labute approximate surface area is 102 Å². The van der Waals surface area contributed by atoms with Crippen molar-refractivity contribution < 1.29 is 13.2 Å². The first-order valence-electron chi connectivity index (χ1n) is 5.96. The Morgan fingerprint density at radius 2 is 2.11 bits per heavy atom. The third kappa shape index (κ3) is 2.09. The van der Waals surface area contributed by atoms with Crippen molar-refractivity contribution in [1.82, 2.24) is 9.78 Å². The van der Waals surface area contributed by atoms with Gasteiger partial charge in [-0.1, -0.05) is 19.1 Å². The molecule has 1 aromatic carbocycles. The fraction of sp³-hybridized carbons (Fsp3) is 0.462. The van der Waals surface area contributed by atoms with Gasteiger partial charge in [-0.3, -0.25) is 4.68 Å². The smallest absolute Gasteiger partial charge is 0.256 e. The minimum absolute atomic E-state index is 0.503. The molecule has 0 radical (unpaired) electrons. The van der Waals surface area contributed by atoms with E-state index in [0.717, 1.165) is 22.1 Å². The number of hydrogen-bond acceptors (Lipinski definition) is 1. The first kappa shape index (κ1) is 11.6. The summed E-state index contributed by atoms with van der Waals surface area (Å²) in [6, 6.07) is 5.70. The number of fused-ring (bicyclic) bond motifs is 1. The third-order valence-electron chi connectivity index (χ3n) is 3.54. The maximum atomic E-state index is 12.4. The van der Waals surface area contributed by atoms with E-state index < -0.39 is 12.7 Å². The minimum Gasteiger partial charge on any atom is -0.256 e. The highest BCUT2D eigenvalue weighted by Gasteiger charge is 2.34. The lowest BCUT2D eigenvalue weighted by Crippen LogP contribution is -2.18. The van der Waals surface area contributed by atoms with Crippen LogP contribution in [0.15, 0.2) is 24.4 Å². The van der Waals surface area contributed by atoms with Crippen LogP contribution in [0.3, 0.4) is 0 Å². The number of halogens is 3. The molecule has 1 saturated carbocycles. The fourth-order valence-corrected chi connectivity index (χ4v) is 2.40. The molecular weight excluding hydrogens is 241 g/mol. The van der Waals surface area contributed by atoms with Crippen molar-refractivity contribution in [1.29, 1.82) is 0 Å². The van der Waals surface area contributed by atoms with E-state index in [-0.39, 0.29) is 0 Å². The van der Waals surface area contributed by atoms with Crippen molar-refractivity contribution in [3.8, 4) is 0 Å². The van der Waals surface area contributed by atoms with E-state index in [1.54, 1.807) is 0 Å². The van der Waals surface area contributed by atoms with Gasteiger partial charge in [-0.2, -0.15) is 18.3 Å². The zero-order valence-corrected chi connectivity index (χ0v) is 9.91. The molecule has 3 rings (SSSR count). The largest absolute Gasteiger partial charge is 0.408 e. The Kier molecular flexibility index (Phi) is 2.40. The molecule has 1 heterocycles. The van der Waals surface area contributed by atoms with Crippen molar-refractivity contribution >= 4 is 10.9 Å². The Morgan fingerprint density at radius 1 is 1.39 bits per heavy atom. The Bertz CT molecular complexity index is 585. The molecular formula is C13H13F3N2. The summed E-state index contributed by atoms with van der Waals surface area (Å²) in [5.74, 6) is 1.14. The van der Waals surface area contributed by atoms with Crippen LogP contribution in [0.1, 0.15) is 24.8 Å². The summed E-state index contributed by atoms with van der Waals surface area (Å²) in [4.78, 5) is 0. The molecule has 0 N–H and O–H groups in total. The zero-order chi connectivity index (χ0) is 12.9. The van der Waals surface area contributed by atoms with Crippen molar-refractivity contribution in [3.05, 3.63) is 30.0 Å². The van der Waals surface area contributed by atoms with Crippen molar-refractivity contribution in [2.45, 2.75) is 32.0 Å². The summed E-state index contributed by atoms with van der Waals surface area (Å²) in [6.45, 7) is 1.13. The van der Waals surface area contributed by atoms with E-state index in [9.17, 15) is 13.2 Å². The molecule has 1 aromatic heterocycles. The second kappa shape index (κ2) is 3.73. The first-order chi connectivity index (χ1) is 8.44. The molecule has 18 heavy (non-hydrogen) atoms. The van der Waals surface area contributed by atoms with E-state index in [4.69, 9.17) is 0 Å². The van der Waals surface area contributed by atoms with Crippen LogP contribution in [0, 0.1) is 5.92 Å². The van der Waals surface area contributed by atoms with Crippen LogP contribution in [0.2, 0.25) is 0 Å². The van der Waals surface area contributed by atoms with Gasteiger partial charge in [-0.05, 0) is 29.9 Å². The normalized spacial score (nSPS) is 23.6. The van der Waals surface area contributed by atoms with Gasteiger partial charge < -0.3 is 0 Å². The van der Waals surface area contributed by atoms with E-state index >= 15 is 0 Å². The van der Waals surface area contributed by atoms with Crippen LogP contribution in [-0.4, -0.2) is 16.0 Å². The number of hydrogen-bond donors (Lipinski definition) is 0. The lowest BCUT2D eigenvalue weighted by molar-refractivity contribution is -0.141. The van der Waals surface area contributed by atoms with Gasteiger partial charge in [0, 0.05) is 5.39 Å². The molecule has 1 aliphatic carbocycles. The average Bonchev–Trinajstić information content (AvgIpc) is 2.88. The highest BCUT2D eigenvalue weighted by molar-refractivity contribution is 5.79. The molecule has 0 bridgehead atoms. The van der Waals surface area contributed by atoms with E-state index in [1.165, 1.54) is 6.20 Å². The number of rotatable bonds is 2. The molecule has 0 spiro atoms. The monoisotopic (exact) mass is 254 g/mol. The molecule has 2 atom stereocenters. The molecule has 96 valence electrons.